The van der Waals surface area contributed by atoms with Crippen molar-refractivity contribution in [2.75, 3.05) is 4.90 Å². The van der Waals surface area contributed by atoms with E-state index < -0.39 is 0 Å². The molecule has 0 saturated carbocycles. The lowest BCUT2D eigenvalue weighted by Crippen LogP contribution is -2.10. The second-order valence-corrected chi connectivity index (χ2v) is 18.4. The summed E-state index contributed by atoms with van der Waals surface area (Å²) in [6.07, 6.45) is 0. The van der Waals surface area contributed by atoms with Gasteiger partial charge in [-0.05, 0) is 132 Å². The minimum atomic E-state index is 0.860. The Kier molecular flexibility index (Phi) is 10.9. The van der Waals surface area contributed by atoms with Gasteiger partial charge in [0.25, 0.3) is 0 Å². The van der Waals surface area contributed by atoms with Crippen molar-refractivity contribution in [2.24, 2.45) is 0 Å². The molecule has 2 heteroatoms. The zero-order chi connectivity index (χ0) is 47.8. The zero-order valence-electron chi connectivity index (χ0n) is 39.5. The third-order valence-corrected chi connectivity index (χ3v) is 14.1. The van der Waals surface area contributed by atoms with Crippen LogP contribution in [-0.4, -0.2) is 0 Å². The van der Waals surface area contributed by atoms with Crippen LogP contribution in [0.2, 0.25) is 0 Å². The fourth-order valence-corrected chi connectivity index (χ4v) is 10.6. The van der Waals surface area contributed by atoms with Gasteiger partial charge in [-0.1, -0.05) is 237 Å². The van der Waals surface area contributed by atoms with Crippen LogP contribution in [0.3, 0.4) is 0 Å². The third kappa shape index (κ3) is 7.82. The number of hydrogen-bond acceptors (Lipinski definition) is 2. The van der Waals surface area contributed by atoms with Crippen LogP contribution in [0.1, 0.15) is 0 Å². The van der Waals surface area contributed by atoms with Crippen LogP contribution in [0.5, 0.6) is 0 Å². The predicted molar refractivity (Wildman–Crippen MR) is 304 cm³/mol. The van der Waals surface area contributed by atoms with E-state index in [0.29, 0.717) is 0 Å². The molecule has 13 rings (SSSR count). The van der Waals surface area contributed by atoms with E-state index in [4.69, 9.17) is 4.42 Å². The van der Waals surface area contributed by atoms with Crippen LogP contribution in [0.25, 0.3) is 111 Å². The van der Waals surface area contributed by atoms with E-state index in [9.17, 15) is 0 Å². The Morgan fingerprint density at radius 2 is 0.667 bits per heavy atom. The van der Waals surface area contributed by atoms with Gasteiger partial charge in [0.2, 0.25) is 0 Å². The standard InChI is InChI=1S/C70H47NO/c1-4-17-50(18-5-1)63-44-39-56(47-66(63)53-21-8-3-9-22-53)62-27-13-12-26-60(62)55-37-42-58(43-38-55)71(67-46-45-64(52-19-6-2-7-20-52)70-69(67)65-28-14-15-30-68(65)72-70)57-40-35-49(36-41-57)48-31-33-54(34-32-48)61-29-16-24-51-23-10-11-25-59(51)61/h1-47H. The molecule has 0 amide bonds. The van der Waals surface area contributed by atoms with E-state index in [1.165, 1.54) is 66.4 Å². The number of para-hydroxylation sites is 1. The Morgan fingerprint density at radius 3 is 1.33 bits per heavy atom. The molecule has 0 spiro atoms. The number of rotatable bonds is 10. The van der Waals surface area contributed by atoms with Gasteiger partial charge in [0, 0.05) is 22.3 Å². The highest BCUT2D eigenvalue weighted by molar-refractivity contribution is 6.17. The van der Waals surface area contributed by atoms with Crippen molar-refractivity contribution in [1.29, 1.82) is 0 Å². The lowest BCUT2D eigenvalue weighted by atomic mass is 9.88. The summed E-state index contributed by atoms with van der Waals surface area (Å²) in [5.41, 5.74) is 21.3. The van der Waals surface area contributed by atoms with Gasteiger partial charge in [0.15, 0.2) is 0 Å². The first-order chi connectivity index (χ1) is 35.7. The summed E-state index contributed by atoms with van der Waals surface area (Å²) in [6, 6.07) is 103. The third-order valence-electron chi connectivity index (χ3n) is 14.1. The van der Waals surface area contributed by atoms with Crippen molar-refractivity contribution in [2.45, 2.75) is 0 Å². The smallest absolute Gasteiger partial charge is 0.145 e. The van der Waals surface area contributed by atoms with E-state index in [-0.39, 0.29) is 0 Å². The predicted octanol–water partition coefficient (Wildman–Crippen LogP) is 19.9. The number of hydrogen-bond donors (Lipinski definition) is 0. The maximum atomic E-state index is 6.82. The number of furan rings is 1. The molecule has 0 aliphatic rings. The van der Waals surface area contributed by atoms with Gasteiger partial charge in [-0.15, -0.1) is 0 Å². The molecule has 2 nitrogen and oxygen atoms in total. The monoisotopic (exact) mass is 917 g/mol. The quantitative estimate of drug-likeness (QED) is 0.136. The highest BCUT2D eigenvalue weighted by Crippen LogP contribution is 2.47. The van der Waals surface area contributed by atoms with Crippen LogP contribution < -0.4 is 4.90 Å². The van der Waals surface area contributed by atoms with Gasteiger partial charge in [-0.2, -0.15) is 0 Å². The summed E-state index contributed by atoms with van der Waals surface area (Å²) in [5, 5.41) is 4.66. The molecule has 0 bridgehead atoms. The van der Waals surface area contributed by atoms with Gasteiger partial charge in [0.1, 0.15) is 11.2 Å². The maximum Gasteiger partial charge on any atom is 0.145 e. The zero-order valence-corrected chi connectivity index (χ0v) is 39.5. The highest BCUT2D eigenvalue weighted by Gasteiger charge is 2.23. The molecule has 0 aliphatic carbocycles. The summed E-state index contributed by atoms with van der Waals surface area (Å²) in [6.45, 7) is 0. The summed E-state index contributed by atoms with van der Waals surface area (Å²) in [7, 11) is 0. The van der Waals surface area contributed by atoms with Gasteiger partial charge < -0.3 is 9.32 Å². The number of benzene rings is 12. The molecule has 0 radical (unpaired) electrons. The van der Waals surface area contributed by atoms with Gasteiger partial charge in [-0.3, -0.25) is 0 Å². The van der Waals surface area contributed by atoms with Crippen LogP contribution in [0.4, 0.5) is 17.1 Å². The summed E-state index contributed by atoms with van der Waals surface area (Å²) in [4.78, 5) is 2.39. The highest BCUT2D eigenvalue weighted by atomic mass is 16.3. The SMILES string of the molecule is c1ccc(-c2ccc(-c3ccccc3-c3ccc(N(c4ccc(-c5ccc(-c6cccc7ccccc67)cc5)cc4)c4ccc(-c5ccccc5)c5oc6ccccc6c45)cc3)cc2-c2ccccc2)cc1. The van der Waals surface area contributed by atoms with Crippen molar-refractivity contribution in [3.8, 4) is 77.9 Å². The second kappa shape index (κ2) is 18.4. The Hall–Kier alpha value is -9.50. The van der Waals surface area contributed by atoms with Crippen LogP contribution in [0, 0.1) is 0 Å². The molecule has 1 heterocycles. The largest absolute Gasteiger partial charge is 0.455 e. The summed E-state index contributed by atoms with van der Waals surface area (Å²) in [5.74, 6) is 0. The van der Waals surface area contributed by atoms with Crippen LogP contribution in [0.15, 0.2) is 290 Å². The van der Waals surface area contributed by atoms with E-state index in [2.05, 4.69) is 284 Å². The lowest BCUT2D eigenvalue weighted by molar-refractivity contribution is 0.670. The Morgan fingerprint density at radius 1 is 0.250 bits per heavy atom. The first-order valence-electron chi connectivity index (χ1n) is 24.7. The minimum absolute atomic E-state index is 0.860. The average molecular weight is 918 g/mol. The fourth-order valence-electron chi connectivity index (χ4n) is 10.6. The molecule has 0 aliphatic heterocycles. The van der Waals surface area contributed by atoms with Crippen molar-refractivity contribution in [3.05, 3.63) is 285 Å². The maximum absolute atomic E-state index is 6.82. The molecular formula is C70H47NO. The number of nitrogens with zero attached hydrogens (tertiary/aromatic N) is 1. The molecule has 1 aromatic heterocycles. The average Bonchev–Trinajstić information content (AvgIpc) is 3.86. The van der Waals surface area contributed by atoms with E-state index in [1.54, 1.807) is 0 Å². The van der Waals surface area contributed by atoms with Gasteiger partial charge >= 0.3 is 0 Å². The molecule has 0 fully saturated rings. The minimum Gasteiger partial charge on any atom is -0.455 e. The Labute approximate surface area is 420 Å². The van der Waals surface area contributed by atoms with E-state index >= 15 is 0 Å². The molecule has 0 N–H and O–H groups in total. The molecular weight excluding hydrogens is 871 g/mol. The molecule has 0 unspecified atom stereocenters. The lowest BCUT2D eigenvalue weighted by Gasteiger charge is -2.27. The molecule has 13 aromatic rings. The Bertz CT molecular complexity index is 4040. The van der Waals surface area contributed by atoms with Crippen molar-refractivity contribution in [1.82, 2.24) is 0 Å². The molecule has 0 atom stereocenters. The summed E-state index contributed by atoms with van der Waals surface area (Å²) >= 11 is 0. The first-order valence-corrected chi connectivity index (χ1v) is 24.7. The van der Waals surface area contributed by atoms with Crippen molar-refractivity contribution < 1.29 is 4.42 Å². The number of anilines is 3. The molecule has 0 saturated heterocycles. The number of fused-ring (bicyclic) bond motifs is 4. The van der Waals surface area contributed by atoms with Crippen molar-refractivity contribution in [3.63, 3.8) is 0 Å². The van der Waals surface area contributed by atoms with Gasteiger partial charge in [0.05, 0.1) is 11.1 Å². The molecule has 12 aromatic carbocycles. The van der Waals surface area contributed by atoms with E-state index in [0.717, 1.165) is 61.3 Å². The van der Waals surface area contributed by atoms with Crippen LogP contribution in [-0.2, 0) is 0 Å². The van der Waals surface area contributed by atoms with Crippen LogP contribution >= 0.6 is 0 Å². The molecule has 72 heavy (non-hydrogen) atoms. The topological polar surface area (TPSA) is 16.4 Å². The second-order valence-electron chi connectivity index (χ2n) is 18.4. The first kappa shape index (κ1) is 42.6. The Balaban J connectivity index is 0.915. The summed E-state index contributed by atoms with van der Waals surface area (Å²) < 4.78 is 6.82. The van der Waals surface area contributed by atoms with Gasteiger partial charge in [-0.25, -0.2) is 0 Å². The fraction of sp³-hybridized carbons (Fsp3) is 0. The van der Waals surface area contributed by atoms with E-state index in [1.807, 2.05) is 6.07 Å². The molecule has 338 valence electrons. The normalized spacial score (nSPS) is 11.3. The van der Waals surface area contributed by atoms with Crippen molar-refractivity contribution >= 4 is 49.8 Å².